The van der Waals surface area contributed by atoms with Crippen molar-refractivity contribution in [1.29, 1.82) is 0 Å². The zero-order chi connectivity index (χ0) is 22.7. The van der Waals surface area contributed by atoms with Gasteiger partial charge in [0.15, 0.2) is 0 Å². The molecule has 0 radical (unpaired) electrons. The summed E-state index contributed by atoms with van der Waals surface area (Å²) in [4.78, 5) is 50.2. The van der Waals surface area contributed by atoms with Crippen LogP contribution in [0.3, 0.4) is 0 Å². The van der Waals surface area contributed by atoms with Crippen molar-refractivity contribution in [2.45, 2.75) is 43.2 Å². The Balaban J connectivity index is -0.00000392. The number of unbranched alkanes of at least 4 members (excludes halogenated alkanes) is 1. The van der Waals surface area contributed by atoms with E-state index in [-0.39, 0.29) is 37.8 Å². The van der Waals surface area contributed by atoms with Gasteiger partial charge in [0.1, 0.15) is 0 Å². The van der Waals surface area contributed by atoms with Gasteiger partial charge in [-0.15, -0.1) is 48.0 Å². The summed E-state index contributed by atoms with van der Waals surface area (Å²) in [6.07, 6.45) is 0.736. The Kier molecular flexibility index (Phi) is 20.3. The van der Waals surface area contributed by atoms with Crippen LogP contribution in [0.4, 0.5) is 0 Å². The van der Waals surface area contributed by atoms with Crippen molar-refractivity contribution in [1.82, 2.24) is 10.2 Å². The summed E-state index contributed by atoms with van der Waals surface area (Å²) in [5.74, 6) is 0.495. The average molecular weight is 575 g/mol. The second-order valence-electron chi connectivity index (χ2n) is 6.58. The molecular weight excluding hydrogens is 542 g/mol. The van der Waals surface area contributed by atoms with Crippen molar-refractivity contribution in [2.24, 2.45) is 5.73 Å². The Morgan fingerprint density at radius 1 is 0.968 bits per heavy atom. The van der Waals surface area contributed by atoms with Gasteiger partial charge in [-0.05, 0) is 25.8 Å². The third-order valence-electron chi connectivity index (χ3n) is 4.30. The van der Waals surface area contributed by atoms with Gasteiger partial charge < -0.3 is 40.6 Å². The number of rotatable bonds is 16. The first-order valence-electron chi connectivity index (χ1n) is 9.01. The van der Waals surface area contributed by atoms with Crippen LogP contribution in [0.5, 0.6) is 0 Å². The Hall–Kier alpha value is 0.810. The van der Waals surface area contributed by atoms with E-state index < -0.39 is 38.6 Å². The molecule has 0 rings (SSSR count). The predicted octanol–water partition coefficient (Wildman–Crippen LogP) is 1.01. The molecule has 1 amide bonds. The third kappa shape index (κ3) is 13.3. The topological polar surface area (TPSA) is 194 Å². The highest BCUT2D eigenvalue weighted by molar-refractivity contribution is 7.72. The summed E-state index contributed by atoms with van der Waals surface area (Å²) in [6.45, 7) is 2.05. The van der Waals surface area contributed by atoms with Gasteiger partial charge >= 0.3 is 15.2 Å². The second-order valence-corrected chi connectivity index (χ2v) is 11.3. The van der Waals surface area contributed by atoms with Crippen LogP contribution in [-0.2, 0) is 13.9 Å². The first-order chi connectivity index (χ1) is 13.3. The molecule has 1 unspecified atom stereocenters. The number of nitrogens with zero attached hydrogens (tertiary/aromatic N) is 1. The monoisotopic (exact) mass is 573 g/mol. The summed E-state index contributed by atoms with van der Waals surface area (Å²) in [5.41, 5.74) is 5.79. The van der Waals surface area contributed by atoms with Crippen LogP contribution in [0.2, 0.25) is 0 Å². The SMILES string of the molecule is Cl.Cl.NC(CCCCN(CCCl)CCCl)C(=O)NCCCC(O)(P(=O)(O)O)P(=O)(O)O. The fourth-order valence-corrected chi connectivity index (χ4v) is 5.27. The Labute approximate surface area is 204 Å². The summed E-state index contributed by atoms with van der Waals surface area (Å²) in [5, 5.41) is 8.68. The largest absolute Gasteiger partial charge is 0.369 e. The zero-order valence-electron chi connectivity index (χ0n) is 16.8. The van der Waals surface area contributed by atoms with Gasteiger partial charge in [0.05, 0.1) is 6.04 Å². The van der Waals surface area contributed by atoms with Gasteiger partial charge in [-0.3, -0.25) is 13.9 Å². The number of hydrogen-bond acceptors (Lipinski definition) is 6. The molecule has 0 aromatic heterocycles. The predicted molar refractivity (Wildman–Crippen MR) is 125 cm³/mol. The van der Waals surface area contributed by atoms with E-state index in [1.807, 2.05) is 0 Å². The lowest BCUT2D eigenvalue weighted by molar-refractivity contribution is -0.122. The third-order valence-corrected chi connectivity index (χ3v) is 8.51. The minimum Gasteiger partial charge on any atom is -0.368 e. The second kappa shape index (κ2) is 17.3. The van der Waals surface area contributed by atoms with Crippen LogP contribution in [0.25, 0.3) is 0 Å². The van der Waals surface area contributed by atoms with Crippen molar-refractivity contribution >= 4 is 69.1 Å². The van der Waals surface area contributed by atoms with Crippen LogP contribution in [0, 0.1) is 0 Å². The number of aliphatic hydroxyl groups is 1. The number of halogens is 4. The van der Waals surface area contributed by atoms with Crippen molar-refractivity contribution in [3.8, 4) is 0 Å². The molecular formula is C14H33Cl4N3O8P2. The van der Waals surface area contributed by atoms with Crippen LogP contribution in [-0.4, -0.2) is 84.6 Å². The van der Waals surface area contributed by atoms with E-state index in [0.717, 1.165) is 26.1 Å². The standard InChI is InChI=1S/C14H31Cl2N3O8P2.2ClH/c15-6-10-19(11-7-16)9-2-1-4-12(17)13(20)18-8-3-5-14(21,28(22,23)24)29(25,26)27;;/h12,21H,1-11,17H2,(H,18,20)(H2,22,23,24)(H2,25,26,27);2*1H. The molecule has 0 saturated carbocycles. The number of hydrogen-bond donors (Lipinski definition) is 7. The van der Waals surface area contributed by atoms with Crippen LogP contribution < -0.4 is 11.1 Å². The highest BCUT2D eigenvalue weighted by Crippen LogP contribution is 2.69. The summed E-state index contributed by atoms with van der Waals surface area (Å²) in [7, 11) is -11.0. The average Bonchev–Trinajstić information content (AvgIpc) is 2.60. The van der Waals surface area contributed by atoms with E-state index in [2.05, 4.69) is 10.2 Å². The molecule has 190 valence electrons. The van der Waals surface area contributed by atoms with Crippen LogP contribution >= 0.6 is 63.2 Å². The number of carbonyl (C=O) groups is 1. The van der Waals surface area contributed by atoms with Gasteiger partial charge in [-0.25, -0.2) is 0 Å². The molecule has 11 nitrogen and oxygen atoms in total. The van der Waals surface area contributed by atoms with E-state index in [0.29, 0.717) is 24.6 Å². The Bertz CT molecular complexity index is 568. The molecule has 1 atom stereocenters. The quantitative estimate of drug-likeness (QED) is 0.0794. The van der Waals surface area contributed by atoms with E-state index in [1.165, 1.54) is 0 Å². The van der Waals surface area contributed by atoms with Crippen molar-refractivity contribution < 1.29 is 38.6 Å². The minimum absolute atomic E-state index is 0. The lowest BCUT2D eigenvalue weighted by Gasteiger charge is -2.29. The molecule has 8 N–H and O–H groups in total. The molecule has 31 heavy (non-hydrogen) atoms. The molecule has 0 bridgehead atoms. The summed E-state index contributed by atoms with van der Waals surface area (Å²) in [6, 6.07) is -0.799. The van der Waals surface area contributed by atoms with Crippen molar-refractivity contribution in [3.63, 3.8) is 0 Å². The molecule has 0 spiro atoms. The molecule has 17 heteroatoms. The number of carbonyl (C=O) groups excluding carboxylic acids is 1. The maximum Gasteiger partial charge on any atom is 0.369 e. The molecule has 0 saturated heterocycles. The van der Waals surface area contributed by atoms with Crippen molar-refractivity contribution in [2.75, 3.05) is 37.9 Å². The Morgan fingerprint density at radius 2 is 1.45 bits per heavy atom. The van der Waals surface area contributed by atoms with Crippen LogP contribution in [0.15, 0.2) is 0 Å². The highest BCUT2D eigenvalue weighted by atomic mass is 35.5. The summed E-state index contributed by atoms with van der Waals surface area (Å²) >= 11 is 11.4. The first-order valence-corrected chi connectivity index (χ1v) is 13.3. The van der Waals surface area contributed by atoms with E-state index in [1.54, 1.807) is 0 Å². The highest BCUT2D eigenvalue weighted by Gasteiger charge is 2.58. The lowest BCUT2D eigenvalue weighted by atomic mass is 10.1. The molecule has 0 aliphatic carbocycles. The normalized spacial score (nSPS) is 13.3. The molecule has 0 aromatic rings. The molecule has 0 aliphatic heterocycles. The first kappa shape index (κ1) is 36.4. The molecule has 0 heterocycles. The number of nitrogens with two attached hydrogens (primary N) is 1. The van der Waals surface area contributed by atoms with Gasteiger partial charge in [-0.2, -0.15) is 0 Å². The van der Waals surface area contributed by atoms with Gasteiger partial charge in [0.2, 0.25) is 5.91 Å². The maximum atomic E-state index is 11.9. The number of nitrogens with one attached hydrogen (secondary N) is 1. The number of alkyl halides is 2. The summed E-state index contributed by atoms with van der Waals surface area (Å²) < 4.78 is 22.5. The molecule has 0 fully saturated rings. The zero-order valence-corrected chi connectivity index (χ0v) is 21.7. The van der Waals surface area contributed by atoms with E-state index >= 15 is 0 Å². The number of amides is 1. The fraction of sp³-hybridized carbons (Fsp3) is 0.929. The Morgan fingerprint density at radius 3 is 1.87 bits per heavy atom. The van der Waals surface area contributed by atoms with E-state index in [4.69, 9.17) is 48.5 Å². The minimum atomic E-state index is -5.49. The fourth-order valence-electron chi connectivity index (χ4n) is 2.53. The van der Waals surface area contributed by atoms with E-state index in [9.17, 15) is 19.0 Å². The maximum absolute atomic E-state index is 11.9. The lowest BCUT2D eigenvalue weighted by Crippen LogP contribution is -2.41. The van der Waals surface area contributed by atoms with Gasteiger partial charge in [-0.1, -0.05) is 6.42 Å². The van der Waals surface area contributed by atoms with Gasteiger partial charge in [0.25, 0.3) is 5.08 Å². The van der Waals surface area contributed by atoms with Crippen molar-refractivity contribution in [3.05, 3.63) is 0 Å². The van der Waals surface area contributed by atoms with Crippen LogP contribution in [0.1, 0.15) is 32.1 Å². The molecule has 0 aliphatic rings. The van der Waals surface area contributed by atoms with Gasteiger partial charge in [0, 0.05) is 37.8 Å². The molecule has 0 aromatic carbocycles. The smallest absolute Gasteiger partial charge is 0.368 e.